The van der Waals surface area contributed by atoms with E-state index in [9.17, 15) is 14.7 Å². The molecule has 32 heavy (non-hydrogen) atoms. The summed E-state index contributed by atoms with van der Waals surface area (Å²) >= 11 is 0. The Morgan fingerprint density at radius 2 is 1.88 bits per heavy atom. The molecule has 3 N–H and O–H groups in total. The molecule has 0 saturated heterocycles. The van der Waals surface area contributed by atoms with Gasteiger partial charge >= 0.3 is 12.1 Å². The van der Waals surface area contributed by atoms with Gasteiger partial charge in [-0.3, -0.25) is 4.79 Å². The number of H-pyrrole nitrogens is 1. The van der Waals surface area contributed by atoms with Gasteiger partial charge in [-0.2, -0.15) is 0 Å². The molecular weight excluding hydrogens is 406 g/mol. The summed E-state index contributed by atoms with van der Waals surface area (Å²) in [5, 5.41) is 12.3. The number of nitrogens with one attached hydrogen (secondary N) is 2. The second-order valence-corrected chi connectivity index (χ2v) is 8.03. The predicted octanol–water partition coefficient (Wildman–Crippen LogP) is 4.01. The summed E-state index contributed by atoms with van der Waals surface area (Å²) < 4.78 is 1.54. The van der Waals surface area contributed by atoms with Crippen LogP contribution in [0.15, 0.2) is 53.3 Å². The maximum absolute atomic E-state index is 13.1. The number of hydrogen-bond donors (Lipinski definition) is 3. The molecule has 5 rings (SSSR count). The third-order valence-corrected chi connectivity index (χ3v) is 6.03. The molecule has 1 amide bonds. The van der Waals surface area contributed by atoms with Gasteiger partial charge in [0.15, 0.2) is 17.3 Å². The lowest BCUT2D eigenvalue weighted by Crippen LogP contribution is -2.18. The molecule has 0 aliphatic heterocycles. The lowest BCUT2D eigenvalue weighted by Gasteiger charge is -2.24. The van der Waals surface area contributed by atoms with Crippen molar-refractivity contribution in [2.45, 2.75) is 38.0 Å². The first kappa shape index (κ1) is 20.0. The molecule has 0 atom stereocenters. The lowest BCUT2D eigenvalue weighted by molar-refractivity contribution is 0.443. The Kier molecular flexibility index (Phi) is 5.18. The maximum Gasteiger partial charge on any atom is 0.332 e. The minimum absolute atomic E-state index is 0.0664. The first-order valence-corrected chi connectivity index (χ1v) is 10.7. The number of phenols is 1. The highest BCUT2D eigenvalue weighted by Gasteiger charge is 2.23. The summed E-state index contributed by atoms with van der Waals surface area (Å²) in [5.41, 5.74) is 2.76. The van der Waals surface area contributed by atoms with Crippen LogP contribution in [0.1, 0.15) is 43.6 Å². The molecule has 1 aliphatic carbocycles. The summed E-state index contributed by atoms with van der Waals surface area (Å²) in [4.78, 5) is 36.0. The fourth-order valence-corrected chi connectivity index (χ4v) is 4.57. The number of carbonyl (C=O) groups excluding carboxylic acids is 1. The molecule has 1 saturated carbocycles. The number of fused-ring (bicyclic) bond motifs is 1. The van der Waals surface area contributed by atoms with Crippen LogP contribution >= 0.6 is 0 Å². The quantitative estimate of drug-likeness (QED) is 0.416. The Balaban J connectivity index is 1.75. The second kappa shape index (κ2) is 8.30. The predicted molar refractivity (Wildman–Crippen MR) is 122 cm³/mol. The molecule has 2 aromatic heterocycles. The molecule has 1 aliphatic rings. The number of amides is 1. The van der Waals surface area contributed by atoms with Gasteiger partial charge in [0.05, 0.1) is 5.69 Å². The standard InChI is InChI=1S/C24H22N5O3/c30-14-25-22-20-23(28-21(27-22)16-9-6-10-17(31)13-16)29(24(32)26-20)19-12-5-4-11-18(19)15-7-2-1-3-8-15/h4-6,9-13,15,31H,1-3,7-8H2,(H,26,32)(H,25,27,28,30). The zero-order valence-corrected chi connectivity index (χ0v) is 17.3. The molecule has 8 heteroatoms. The number of rotatable bonds is 5. The topological polar surface area (TPSA) is 113 Å². The van der Waals surface area contributed by atoms with Crippen LogP contribution in [-0.4, -0.2) is 31.0 Å². The molecule has 161 valence electrons. The van der Waals surface area contributed by atoms with E-state index in [1.54, 1.807) is 29.2 Å². The Morgan fingerprint density at radius 3 is 2.66 bits per heavy atom. The monoisotopic (exact) mass is 428 g/mol. The number of imidazole rings is 1. The molecule has 8 nitrogen and oxygen atoms in total. The van der Waals surface area contributed by atoms with E-state index in [1.165, 1.54) is 25.3 Å². The average molecular weight is 428 g/mol. The van der Waals surface area contributed by atoms with Crippen molar-refractivity contribution < 1.29 is 9.90 Å². The van der Waals surface area contributed by atoms with Crippen LogP contribution in [0.2, 0.25) is 0 Å². The SMILES string of the molecule is O=[C]Nc1nc(-c2cccc(O)c2)nc2c1[nH]c(=O)n2-c1ccccc1C1CCCCC1. The number of para-hydroxylation sites is 1. The van der Waals surface area contributed by atoms with E-state index >= 15 is 0 Å². The van der Waals surface area contributed by atoms with Crippen molar-refractivity contribution in [3.63, 3.8) is 0 Å². The van der Waals surface area contributed by atoms with Gasteiger partial charge in [-0.15, -0.1) is 0 Å². The fourth-order valence-electron chi connectivity index (χ4n) is 4.57. The number of hydrogen-bond acceptors (Lipinski definition) is 5. The highest BCUT2D eigenvalue weighted by molar-refractivity contribution is 5.91. The number of benzene rings is 2. The largest absolute Gasteiger partial charge is 0.508 e. The van der Waals surface area contributed by atoms with Gasteiger partial charge in [-0.05, 0) is 42.5 Å². The van der Waals surface area contributed by atoms with Crippen LogP contribution in [0.3, 0.4) is 0 Å². The smallest absolute Gasteiger partial charge is 0.332 e. The van der Waals surface area contributed by atoms with Crippen LogP contribution in [0, 0.1) is 0 Å². The maximum atomic E-state index is 13.1. The van der Waals surface area contributed by atoms with Crippen LogP contribution in [0.25, 0.3) is 28.2 Å². The highest BCUT2D eigenvalue weighted by atomic mass is 16.3. The van der Waals surface area contributed by atoms with Crippen molar-refractivity contribution in [3.05, 3.63) is 64.6 Å². The normalized spacial score (nSPS) is 14.5. The number of aromatic hydroxyl groups is 1. The van der Waals surface area contributed by atoms with Crippen LogP contribution in [-0.2, 0) is 4.79 Å². The Bertz CT molecular complexity index is 1350. The molecule has 1 fully saturated rings. The van der Waals surface area contributed by atoms with Crippen molar-refractivity contribution in [1.29, 1.82) is 0 Å². The fraction of sp³-hybridized carbons (Fsp3) is 0.250. The number of aromatic nitrogens is 4. The second-order valence-electron chi connectivity index (χ2n) is 8.03. The number of phenolic OH excluding ortho intramolecular Hbond substituents is 1. The van der Waals surface area contributed by atoms with Crippen molar-refractivity contribution in [3.8, 4) is 22.8 Å². The zero-order chi connectivity index (χ0) is 22.1. The third kappa shape index (κ3) is 3.53. The van der Waals surface area contributed by atoms with E-state index in [2.05, 4.69) is 26.3 Å². The van der Waals surface area contributed by atoms with Crippen LogP contribution < -0.4 is 11.0 Å². The average Bonchev–Trinajstić information content (AvgIpc) is 3.15. The Labute approximate surface area is 184 Å². The first-order valence-electron chi connectivity index (χ1n) is 10.7. The van der Waals surface area contributed by atoms with Gasteiger partial charge < -0.3 is 15.4 Å². The minimum atomic E-state index is -0.362. The molecular formula is C24H22N5O3. The molecule has 2 aromatic carbocycles. The Morgan fingerprint density at radius 1 is 1.06 bits per heavy atom. The summed E-state index contributed by atoms with van der Waals surface area (Å²) in [5.74, 6) is 0.866. The van der Waals surface area contributed by atoms with E-state index < -0.39 is 0 Å². The van der Waals surface area contributed by atoms with Gasteiger partial charge in [0.25, 0.3) is 0 Å². The van der Waals surface area contributed by atoms with Crippen molar-refractivity contribution in [2.24, 2.45) is 0 Å². The van der Waals surface area contributed by atoms with E-state index in [1.807, 2.05) is 18.2 Å². The van der Waals surface area contributed by atoms with E-state index in [0.29, 0.717) is 22.6 Å². The first-order chi connectivity index (χ1) is 15.7. The number of aromatic amines is 1. The third-order valence-electron chi connectivity index (χ3n) is 6.03. The molecule has 2 heterocycles. The molecule has 0 unspecified atom stereocenters. The van der Waals surface area contributed by atoms with E-state index in [-0.39, 0.29) is 23.1 Å². The lowest BCUT2D eigenvalue weighted by atomic mass is 9.83. The van der Waals surface area contributed by atoms with Crippen molar-refractivity contribution >= 4 is 23.4 Å². The number of nitrogens with zero attached hydrogens (tertiary/aromatic N) is 3. The minimum Gasteiger partial charge on any atom is -0.508 e. The zero-order valence-electron chi connectivity index (χ0n) is 17.3. The van der Waals surface area contributed by atoms with Gasteiger partial charge in [-0.25, -0.2) is 19.3 Å². The molecule has 1 radical (unpaired) electrons. The van der Waals surface area contributed by atoms with E-state index in [0.717, 1.165) is 24.1 Å². The van der Waals surface area contributed by atoms with Crippen molar-refractivity contribution in [2.75, 3.05) is 5.32 Å². The van der Waals surface area contributed by atoms with Crippen molar-refractivity contribution in [1.82, 2.24) is 19.5 Å². The molecule has 0 bridgehead atoms. The van der Waals surface area contributed by atoms with Gasteiger partial charge in [0.2, 0.25) is 0 Å². The Hall–Kier alpha value is -3.94. The highest BCUT2D eigenvalue weighted by Crippen LogP contribution is 2.36. The summed E-state index contributed by atoms with van der Waals surface area (Å²) in [6.45, 7) is 0. The molecule has 4 aromatic rings. The summed E-state index contributed by atoms with van der Waals surface area (Å²) in [7, 11) is 0. The van der Waals surface area contributed by atoms with Gasteiger partial charge in [0, 0.05) is 5.56 Å². The summed E-state index contributed by atoms with van der Waals surface area (Å²) in [6, 6.07) is 14.4. The molecule has 0 spiro atoms. The van der Waals surface area contributed by atoms with Gasteiger partial charge in [0.1, 0.15) is 11.3 Å². The van der Waals surface area contributed by atoms with E-state index in [4.69, 9.17) is 0 Å². The number of anilines is 1. The summed E-state index contributed by atoms with van der Waals surface area (Å²) in [6.07, 6.45) is 7.39. The van der Waals surface area contributed by atoms with Crippen LogP contribution in [0.4, 0.5) is 5.82 Å². The van der Waals surface area contributed by atoms with Crippen LogP contribution in [0.5, 0.6) is 5.75 Å². The van der Waals surface area contributed by atoms with Gasteiger partial charge in [-0.1, -0.05) is 49.6 Å².